The largest absolute Gasteiger partial charge is 0.378 e. The fraction of sp³-hybridized carbons (Fsp3) is 0.579. The van der Waals surface area contributed by atoms with E-state index in [0.717, 1.165) is 0 Å². The van der Waals surface area contributed by atoms with Crippen molar-refractivity contribution in [3.05, 3.63) is 28.2 Å². The van der Waals surface area contributed by atoms with E-state index >= 15 is 0 Å². The van der Waals surface area contributed by atoms with E-state index in [1.165, 1.54) is 22.5 Å². The molecule has 0 radical (unpaired) electrons. The zero-order valence-corrected chi connectivity index (χ0v) is 19.0. The van der Waals surface area contributed by atoms with E-state index in [1.54, 1.807) is 11.8 Å². The van der Waals surface area contributed by atoms with E-state index < -0.39 is 16.1 Å². The fourth-order valence-corrected chi connectivity index (χ4v) is 5.83. The summed E-state index contributed by atoms with van der Waals surface area (Å²) in [5, 5.41) is 3.16. The number of rotatable bonds is 5. The Morgan fingerprint density at radius 2 is 1.77 bits per heavy atom. The van der Waals surface area contributed by atoms with Crippen LogP contribution in [-0.2, 0) is 24.3 Å². The minimum Gasteiger partial charge on any atom is -0.378 e. The summed E-state index contributed by atoms with van der Waals surface area (Å²) in [6.07, 6.45) is 0.726. The molecule has 0 saturated carbocycles. The first-order valence-electron chi connectivity index (χ1n) is 9.82. The zero-order valence-electron chi connectivity index (χ0n) is 16.6. The van der Waals surface area contributed by atoms with Crippen molar-refractivity contribution in [3.63, 3.8) is 0 Å². The topological polar surface area (TPSA) is 96.0 Å². The van der Waals surface area contributed by atoms with Gasteiger partial charge < -0.3 is 15.0 Å². The molecule has 2 heterocycles. The molecule has 11 heteroatoms. The first-order valence-corrected chi connectivity index (χ1v) is 12.0. The molecule has 30 heavy (non-hydrogen) atoms. The van der Waals surface area contributed by atoms with E-state index in [-0.39, 0.29) is 45.8 Å². The van der Waals surface area contributed by atoms with E-state index in [4.69, 9.17) is 27.9 Å². The molecule has 0 aromatic heterocycles. The number of benzene rings is 1. The summed E-state index contributed by atoms with van der Waals surface area (Å²) in [6.45, 7) is 4.06. The average Bonchev–Trinajstić information content (AvgIpc) is 2.75. The van der Waals surface area contributed by atoms with E-state index in [1.807, 2.05) is 0 Å². The van der Waals surface area contributed by atoms with Crippen molar-refractivity contribution in [3.8, 4) is 0 Å². The molecule has 0 aliphatic carbocycles. The molecule has 2 aliphatic rings. The number of piperidine rings is 1. The highest BCUT2D eigenvalue weighted by Crippen LogP contribution is 2.30. The number of nitrogens with zero attached hydrogens (tertiary/aromatic N) is 2. The summed E-state index contributed by atoms with van der Waals surface area (Å²) in [5.74, 6) is -0.726. The molecular weight excluding hydrogens is 453 g/mol. The molecule has 1 aromatic rings. The van der Waals surface area contributed by atoms with Gasteiger partial charge in [0.05, 0.1) is 18.2 Å². The molecule has 0 spiro atoms. The van der Waals surface area contributed by atoms with Crippen LogP contribution < -0.4 is 5.32 Å². The van der Waals surface area contributed by atoms with Gasteiger partial charge in [0.2, 0.25) is 21.8 Å². The third kappa shape index (κ3) is 5.26. The third-order valence-corrected chi connectivity index (χ3v) is 8.00. The van der Waals surface area contributed by atoms with E-state index in [9.17, 15) is 18.0 Å². The molecule has 2 saturated heterocycles. The van der Waals surface area contributed by atoms with Crippen molar-refractivity contribution in [1.82, 2.24) is 14.5 Å². The van der Waals surface area contributed by atoms with Crippen LogP contribution in [0.1, 0.15) is 19.8 Å². The van der Waals surface area contributed by atoms with Gasteiger partial charge in [0.25, 0.3) is 0 Å². The maximum atomic E-state index is 12.9. The molecule has 166 valence electrons. The minimum absolute atomic E-state index is 0.0377. The van der Waals surface area contributed by atoms with Gasteiger partial charge in [0.15, 0.2) is 0 Å². The highest BCUT2D eigenvalue weighted by Gasteiger charge is 2.34. The third-order valence-electron chi connectivity index (χ3n) is 5.39. The van der Waals surface area contributed by atoms with Crippen LogP contribution >= 0.6 is 23.2 Å². The van der Waals surface area contributed by atoms with Gasteiger partial charge in [0, 0.05) is 37.1 Å². The number of amides is 2. The van der Waals surface area contributed by atoms with Crippen LogP contribution in [0.25, 0.3) is 0 Å². The lowest BCUT2D eigenvalue weighted by atomic mass is 9.97. The van der Waals surface area contributed by atoms with Crippen molar-refractivity contribution in [1.29, 1.82) is 0 Å². The fourth-order valence-electron chi connectivity index (χ4n) is 3.62. The smallest absolute Gasteiger partial charge is 0.245 e. The molecule has 3 rings (SSSR count). The molecule has 2 amide bonds. The molecule has 2 aliphatic heterocycles. The summed E-state index contributed by atoms with van der Waals surface area (Å²) < 4.78 is 32.4. The number of carbonyl (C=O) groups is 2. The van der Waals surface area contributed by atoms with Crippen molar-refractivity contribution in [2.75, 3.05) is 39.4 Å². The first-order chi connectivity index (χ1) is 14.2. The summed E-state index contributed by atoms with van der Waals surface area (Å²) >= 11 is 12.0. The lowest BCUT2D eigenvalue weighted by Crippen LogP contribution is -2.52. The molecule has 8 nitrogen and oxygen atoms in total. The highest BCUT2D eigenvalue weighted by atomic mass is 35.5. The van der Waals surface area contributed by atoms with E-state index in [2.05, 4.69) is 5.32 Å². The number of ether oxygens (including phenoxy) is 1. The molecule has 2 fully saturated rings. The Kier molecular flexibility index (Phi) is 7.62. The Morgan fingerprint density at radius 3 is 2.40 bits per heavy atom. The predicted molar refractivity (Wildman–Crippen MR) is 113 cm³/mol. The quantitative estimate of drug-likeness (QED) is 0.696. The van der Waals surface area contributed by atoms with Crippen molar-refractivity contribution in [2.24, 2.45) is 5.92 Å². The predicted octanol–water partition coefficient (Wildman–Crippen LogP) is 1.76. The van der Waals surface area contributed by atoms with Gasteiger partial charge in [-0.2, -0.15) is 4.31 Å². The second kappa shape index (κ2) is 9.82. The van der Waals surface area contributed by atoms with Crippen LogP contribution in [0.2, 0.25) is 10.0 Å². The number of carbonyl (C=O) groups excluding carboxylic acids is 2. The van der Waals surface area contributed by atoms with Gasteiger partial charge >= 0.3 is 0 Å². The summed E-state index contributed by atoms with van der Waals surface area (Å²) in [4.78, 5) is 26.7. The van der Waals surface area contributed by atoms with Crippen molar-refractivity contribution in [2.45, 2.75) is 30.7 Å². The second-order valence-electron chi connectivity index (χ2n) is 7.42. The maximum absolute atomic E-state index is 12.9. The van der Waals surface area contributed by atoms with Crippen LogP contribution in [0.4, 0.5) is 0 Å². The Morgan fingerprint density at radius 1 is 1.13 bits per heavy atom. The molecule has 1 aromatic carbocycles. The minimum atomic E-state index is -3.80. The Balaban J connectivity index is 1.56. The van der Waals surface area contributed by atoms with Gasteiger partial charge in [-0.3, -0.25) is 9.59 Å². The molecule has 0 bridgehead atoms. The van der Waals surface area contributed by atoms with Crippen molar-refractivity contribution < 1.29 is 22.7 Å². The maximum Gasteiger partial charge on any atom is 0.245 e. The standard InChI is InChI=1S/C19H25Cl2N3O5S/c1-13(19(26)23-8-10-29-11-9-23)22-18(25)14-4-6-24(7-5-14)30(27,28)17-12-15(20)2-3-16(17)21/h2-3,12-14H,4-11H2,1H3,(H,22,25). The number of morpholine rings is 1. The lowest BCUT2D eigenvalue weighted by Gasteiger charge is -2.32. The second-order valence-corrected chi connectivity index (χ2v) is 10.2. The van der Waals surface area contributed by atoms with Crippen LogP contribution in [0, 0.1) is 5.92 Å². The van der Waals surface area contributed by atoms with E-state index in [0.29, 0.717) is 39.1 Å². The van der Waals surface area contributed by atoms with Gasteiger partial charge in [-0.05, 0) is 38.0 Å². The van der Waals surface area contributed by atoms with Gasteiger partial charge in [-0.25, -0.2) is 8.42 Å². The first kappa shape index (κ1) is 23.3. The monoisotopic (exact) mass is 477 g/mol. The van der Waals surface area contributed by atoms with Crippen LogP contribution in [0.3, 0.4) is 0 Å². The van der Waals surface area contributed by atoms with Crippen LogP contribution in [-0.4, -0.2) is 74.9 Å². The Hall–Kier alpha value is -1.39. The zero-order chi connectivity index (χ0) is 21.9. The number of hydrogen-bond acceptors (Lipinski definition) is 5. The van der Waals surface area contributed by atoms with Crippen LogP contribution in [0.5, 0.6) is 0 Å². The Labute approximate surface area is 186 Å². The molecule has 1 N–H and O–H groups in total. The van der Waals surface area contributed by atoms with Crippen LogP contribution in [0.15, 0.2) is 23.1 Å². The average molecular weight is 478 g/mol. The molecule has 1 unspecified atom stereocenters. The van der Waals surface area contributed by atoms with Gasteiger partial charge in [0.1, 0.15) is 10.9 Å². The van der Waals surface area contributed by atoms with Gasteiger partial charge in [-0.15, -0.1) is 0 Å². The highest BCUT2D eigenvalue weighted by molar-refractivity contribution is 7.89. The summed E-state index contributed by atoms with van der Waals surface area (Å²) in [5.41, 5.74) is 0. The van der Waals surface area contributed by atoms with Crippen molar-refractivity contribution >= 4 is 45.0 Å². The number of nitrogens with one attached hydrogen (secondary N) is 1. The summed E-state index contributed by atoms with van der Waals surface area (Å²) in [7, 11) is -3.80. The SMILES string of the molecule is CC(NC(=O)C1CCN(S(=O)(=O)c2cc(Cl)ccc2Cl)CC1)C(=O)N1CCOCC1. The lowest BCUT2D eigenvalue weighted by molar-refractivity contribution is -0.140. The molecular formula is C19H25Cl2N3O5S. The van der Waals surface area contributed by atoms with Gasteiger partial charge in [-0.1, -0.05) is 23.2 Å². The number of halogens is 2. The number of sulfonamides is 1. The summed E-state index contributed by atoms with van der Waals surface area (Å²) in [6, 6.07) is 3.67. The number of hydrogen-bond donors (Lipinski definition) is 1. The molecule has 1 atom stereocenters. The normalized spacial score (nSPS) is 20.0. The Bertz CT molecular complexity index is 897.